The molecule has 19 heavy (non-hydrogen) atoms. The second-order valence-electron chi connectivity index (χ2n) is 4.19. The van der Waals surface area contributed by atoms with E-state index in [4.69, 9.17) is 0 Å². The summed E-state index contributed by atoms with van der Waals surface area (Å²) in [5.74, 6) is -2.64. The molecule has 1 unspecified atom stereocenters. The average Bonchev–Trinajstić information content (AvgIpc) is 2.30. The van der Waals surface area contributed by atoms with Gasteiger partial charge >= 0.3 is 0 Å². The van der Waals surface area contributed by atoms with Gasteiger partial charge in [0.2, 0.25) is 0 Å². The van der Waals surface area contributed by atoms with Crippen molar-refractivity contribution in [1.82, 2.24) is 0 Å². The molecule has 0 saturated carbocycles. The summed E-state index contributed by atoms with van der Waals surface area (Å²) in [4.78, 5) is 0. The van der Waals surface area contributed by atoms with Gasteiger partial charge in [-0.1, -0.05) is 0 Å². The topological polar surface area (TPSA) is 12.0 Å². The van der Waals surface area contributed by atoms with Gasteiger partial charge in [0.1, 0.15) is 23.3 Å². The Labute approximate surface area is 107 Å². The summed E-state index contributed by atoms with van der Waals surface area (Å²) in [6.45, 7) is 1.57. The number of hydrogen-bond donors (Lipinski definition) is 1. The zero-order valence-corrected chi connectivity index (χ0v) is 10.1. The Balaban J connectivity index is 2.25. The van der Waals surface area contributed by atoms with Crippen LogP contribution in [0.15, 0.2) is 36.4 Å². The van der Waals surface area contributed by atoms with Crippen LogP contribution in [0.4, 0.5) is 23.2 Å². The lowest BCUT2D eigenvalue weighted by Crippen LogP contribution is -2.09. The predicted octanol–water partition coefficient (Wildman–Crippen LogP) is 4.42. The highest BCUT2D eigenvalue weighted by Crippen LogP contribution is 2.23. The van der Waals surface area contributed by atoms with Crippen molar-refractivity contribution >= 4 is 5.69 Å². The highest BCUT2D eigenvalue weighted by atomic mass is 19.1. The monoisotopic (exact) mass is 269 g/mol. The molecule has 100 valence electrons. The van der Waals surface area contributed by atoms with E-state index in [1.165, 1.54) is 0 Å². The Hall–Kier alpha value is -2.04. The normalized spacial score (nSPS) is 12.3. The Morgan fingerprint density at radius 2 is 1.47 bits per heavy atom. The molecule has 1 nitrogen and oxygen atoms in total. The van der Waals surface area contributed by atoms with Crippen molar-refractivity contribution in [2.45, 2.75) is 13.0 Å². The van der Waals surface area contributed by atoms with Crippen molar-refractivity contribution in [3.05, 3.63) is 65.2 Å². The number of anilines is 1. The highest BCUT2D eigenvalue weighted by Gasteiger charge is 2.12. The van der Waals surface area contributed by atoms with Crippen molar-refractivity contribution in [3.63, 3.8) is 0 Å². The Bertz CT molecular complexity index is 578. The highest BCUT2D eigenvalue weighted by molar-refractivity contribution is 5.46. The van der Waals surface area contributed by atoms with Crippen LogP contribution in [0, 0.1) is 23.3 Å². The first kappa shape index (κ1) is 13.4. The van der Waals surface area contributed by atoms with E-state index in [1.807, 2.05) is 0 Å². The minimum Gasteiger partial charge on any atom is -0.378 e. The fraction of sp³-hybridized carbons (Fsp3) is 0.143. The summed E-state index contributed by atoms with van der Waals surface area (Å²) in [7, 11) is 0. The van der Waals surface area contributed by atoms with E-state index in [0.29, 0.717) is 0 Å². The lowest BCUT2D eigenvalue weighted by molar-refractivity contribution is 0.575. The van der Waals surface area contributed by atoms with Crippen molar-refractivity contribution in [2.24, 2.45) is 0 Å². The second kappa shape index (κ2) is 5.30. The maximum atomic E-state index is 13.5. The van der Waals surface area contributed by atoms with Crippen molar-refractivity contribution in [2.75, 3.05) is 5.32 Å². The molecule has 0 heterocycles. The van der Waals surface area contributed by atoms with Gasteiger partial charge in [-0.25, -0.2) is 17.6 Å². The molecule has 0 spiro atoms. The lowest BCUT2D eigenvalue weighted by atomic mass is 10.1. The van der Waals surface area contributed by atoms with Crippen LogP contribution in [0.2, 0.25) is 0 Å². The van der Waals surface area contributed by atoms with E-state index in [0.717, 1.165) is 36.4 Å². The molecular formula is C14H11F4N. The van der Waals surface area contributed by atoms with Crippen LogP contribution in [0.25, 0.3) is 0 Å². The molecule has 0 aliphatic heterocycles. The van der Waals surface area contributed by atoms with Gasteiger partial charge in [-0.15, -0.1) is 0 Å². The summed E-state index contributed by atoms with van der Waals surface area (Å²) in [5.41, 5.74) is 0.248. The SMILES string of the molecule is CC(Nc1cc(F)cc(F)c1)c1cc(F)ccc1F. The van der Waals surface area contributed by atoms with E-state index in [9.17, 15) is 17.6 Å². The Kier molecular flexibility index (Phi) is 3.74. The number of rotatable bonds is 3. The number of nitrogens with one attached hydrogen (secondary N) is 1. The molecule has 2 aromatic carbocycles. The molecule has 0 aromatic heterocycles. The molecule has 5 heteroatoms. The van der Waals surface area contributed by atoms with Crippen LogP contribution in [0.3, 0.4) is 0 Å². The second-order valence-corrected chi connectivity index (χ2v) is 4.19. The van der Waals surface area contributed by atoms with E-state index in [-0.39, 0.29) is 11.3 Å². The molecule has 0 bridgehead atoms. The Morgan fingerprint density at radius 1 is 0.842 bits per heavy atom. The van der Waals surface area contributed by atoms with Crippen molar-refractivity contribution in [1.29, 1.82) is 0 Å². The van der Waals surface area contributed by atoms with Gasteiger partial charge in [0.15, 0.2) is 0 Å². The third-order valence-electron chi connectivity index (χ3n) is 2.67. The van der Waals surface area contributed by atoms with Gasteiger partial charge in [-0.3, -0.25) is 0 Å². The molecule has 0 aliphatic carbocycles. The van der Waals surface area contributed by atoms with Crippen molar-refractivity contribution in [3.8, 4) is 0 Å². The fourth-order valence-electron chi connectivity index (χ4n) is 1.81. The molecule has 0 fully saturated rings. The first-order valence-corrected chi connectivity index (χ1v) is 5.63. The third kappa shape index (κ3) is 3.24. The first-order valence-electron chi connectivity index (χ1n) is 5.63. The van der Waals surface area contributed by atoms with Gasteiger partial charge < -0.3 is 5.32 Å². The largest absolute Gasteiger partial charge is 0.378 e. The quantitative estimate of drug-likeness (QED) is 0.813. The minimum absolute atomic E-state index is 0.0877. The number of hydrogen-bond acceptors (Lipinski definition) is 1. The van der Waals surface area contributed by atoms with E-state index >= 15 is 0 Å². The smallest absolute Gasteiger partial charge is 0.128 e. The first-order chi connectivity index (χ1) is 8.95. The molecular weight excluding hydrogens is 258 g/mol. The summed E-state index contributed by atoms with van der Waals surface area (Å²) in [6.07, 6.45) is 0. The molecule has 0 amide bonds. The van der Waals surface area contributed by atoms with E-state index in [2.05, 4.69) is 5.32 Å². The predicted molar refractivity (Wildman–Crippen MR) is 64.8 cm³/mol. The number of benzene rings is 2. The molecule has 0 saturated heterocycles. The Morgan fingerprint density at radius 3 is 2.11 bits per heavy atom. The molecule has 2 rings (SSSR count). The van der Waals surface area contributed by atoms with Crippen LogP contribution in [-0.2, 0) is 0 Å². The summed E-state index contributed by atoms with van der Waals surface area (Å²) in [5, 5.41) is 2.72. The molecule has 1 N–H and O–H groups in total. The van der Waals surface area contributed by atoms with Crippen LogP contribution in [0.5, 0.6) is 0 Å². The summed E-state index contributed by atoms with van der Waals surface area (Å²) < 4.78 is 52.6. The molecule has 2 aromatic rings. The van der Waals surface area contributed by atoms with Gasteiger partial charge in [-0.05, 0) is 37.3 Å². The third-order valence-corrected chi connectivity index (χ3v) is 2.67. The maximum Gasteiger partial charge on any atom is 0.128 e. The van der Waals surface area contributed by atoms with Gasteiger partial charge in [-0.2, -0.15) is 0 Å². The van der Waals surface area contributed by atoms with Crippen molar-refractivity contribution < 1.29 is 17.6 Å². The van der Waals surface area contributed by atoms with E-state index in [1.54, 1.807) is 6.92 Å². The minimum atomic E-state index is -0.741. The van der Waals surface area contributed by atoms with Crippen LogP contribution >= 0.6 is 0 Å². The van der Waals surface area contributed by atoms with Crippen LogP contribution in [-0.4, -0.2) is 0 Å². The van der Waals surface area contributed by atoms with Crippen LogP contribution < -0.4 is 5.32 Å². The van der Waals surface area contributed by atoms with Gasteiger partial charge in [0.25, 0.3) is 0 Å². The number of halogens is 4. The zero-order chi connectivity index (χ0) is 14.0. The summed E-state index contributed by atoms with van der Waals surface area (Å²) in [6, 6.07) is 5.33. The molecule has 1 atom stereocenters. The van der Waals surface area contributed by atoms with E-state index < -0.39 is 29.3 Å². The van der Waals surface area contributed by atoms with Gasteiger partial charge in [0.05, 0.1) is 6.04 Å². The molecule has 0 radical (unpaired) electrons. The average molecular weight is 269 g/mol. The van der Waals surface area contributed by atoms with Gasteiger partial charge in [0, 0.05) is 17.3 Å². The summed E-state index contributed by atoms with van der Waals surface area (Å²) >= 11 is 0. The fourth-order valence-corrected chi connectivity index (χ4v) is 1.81. The zero-order valence-electron chi connectivity index (χ0n) is 10.1. The van der Waals surface area contributed by atoms with Crippen LogP contribution in [0.1, 0.15) is 18.5 Å². The molecule has 0 aliphatic rings. The standard InChI is InChI=1S/C14H11F4N/c1-8(13-7-9(15)2-3-14(13)18)19-12-5-10(16)4-11(17)6-12/h2-8,19H,1H3. The lowest BCUT2D eigenvalue weighted by Gasteiger charge is -2.16. The maximum absolute atomic E-state index is 13.5.